The number of amides is 2. The van der Waals surface area contributed by atoms with E-state index in [2.05, 4.69) is 25.2 Å². The van der Waals surface area contributed by atoms with Gasteiger partial charge in [-0.25, -0.2) is 0 Å². The highest BCUT2D eigenvalue weighted by Gasteiger charge is 2.34. The van der Waals surface area contributed by atoms with Crippen LogP contribution in [0, 0.1) is 0 Å². The number of hydrogen-bond donors (Lipinski definition) is 1. The van der Waals surface area contributed by atoms with Crippen molar-refractivity contribution in [1.82, 2.24) is 0 Å². The average Bonchev–Trinajstić information content (AvgIpc) is 3.10. The maximum atomic E-state index is 12.6. The molecule has 1 fully saturated rings. The van der Waals surface area contributed by atoms with Gasteiger partial charge in [-0.2, -0.15) is 0 Å². The summed E-state index contributed by atoms with van der Waals surface area (Å²) in [7, 11) is 0. The van der Waals surface area contributed by atoms with Crippen molar-refractivity contribution in [2.75, 3.05) is 16.0 Å². The fourth-order valence-corrected chi connectivity index (χ4v) is 4.64. The summed E-state index contributed by atoms with van der Waals surface area (Å²) in [5.41, 5.74) is 4.06. The van der Waals surface area contributed by atoms with E-state index in [4.69, 9.17) is 0 Å². The molecule has 4 nitrogen and oxygen atoms in total. The monoisotopic (exact) mass is 396 g/mol. The average molecular weight is 397 g/mol. The van der Waals surface area contributed by atoms with Gasteiger partial charge in [-0.05, 0) is 42.2 Å². The van der Waals surface area contributed by atoms with E-state index in [1.54, 1.807) is 11.8 Å². The fourth-order valence-electron chi connectivity index (χ4n) is 3.47. The molecule has 3 rings (SSSR count). The fraction of sp³-hybridized carbons (Fsp3) is 0.391. The van der Waals surface area contributed by atoms with E-state index < -0.39 is 0 Å². The Kier molecular flexibility index (Phi) is 7.15. The number of aryl methyl sites for hydroxylation is 1. The molecule has 2 amide bonds. The van der Waals surface area contributed by atoms with Crippen LogP contribution >= 0.6 is 11.8 Å². The van der Waals surface area contributed by atoms with Crippen LogP contribution in [0.1, 0.15) is 56.0 Å². The van der Waals surface area contributed by atoms with Crippen molar-refractivity contribution in [3.05, 3.63) is 59.7 Å². The summed E-state index contributed by atoms with van der Waals surface area (Å²) in [6.07, 6.45) is 4.56. The number of thioether (sulfide) groups is 1. The molecular formula is C23H28N2O2S. The van der Waals surface area contributed by atoms with Crippen molar-refractivity contribution in [2.24, 2.45) is 0 Å². The lowest BCUT2D eigenvalue weighted by Crippen LogP contribution is -2.28. The summed E-state index contributed by atoms with van der Waals surface area (Å²) in [5.74, 6) is 0.688. The van der Waals surface area contributed by atoms with Crippen LogP contribution in [0.25, 0.3) is 0 Å². The van der Waals surface area contributed by atoms with E-state index in [1.807, 2.05) is 47.4 Å². The molecule has 0 aliphatic carbocycles. The van der Waals surface area contributed by atoms with Crippen molar-refractivity contribution < 1.29 is 9.59 Å². The molecule has 0 bridgehead atoms. The second-order valence-corrected chi connectivity index (χ2v) is 8.11. The van der Waals surface area contributed by atoms with Crippen molar-refractivity contribution in [2.45, 2.75) is 51.3 Å². The van der Waals surface area contributed by atoms with Gasteiger partial charge >= 0.3 is 0 Å². The number of nitrogens with one attached hydrogen (secondary N) is 1. The number of rotatable bonds is 8. The molecule has 28 heavy (non-hydrogen) atoms. The van der Waals surface area contributed by atoms with Crippen LogP contribution < -0.4 is 10.2 Å². The molecule has 0 radical (unpaired) electrons. The van der Waals surface area contributed by atoms with Gasteiger partial charge < -0.3 is 5.32 Å². The summed E-state index contributed by atoms with van der Waals surface area (Å²) in [6.45, 7) is 4.24. The van der Waals surface area contributed by atoms with Crippen LogP contribution in [-0.4, -0.2) is 17.6 Å². The molecule has 2 aromatic rings. The highest BCUT2D eigenvalue weighted by molar-refractivity contribution is 8.00. The van der Waals surface area contributed by atoms with Crippen LogP contribution in [-0.2, 0) is 16.0 Å². The Balaban J connectivity index is 1.73. The van der Waals surface area contributed by atoms with E-state index in [9.17, 15) is 9.59 Å². The van der Waals surface area contributed by atoms with Gasteiger partial charge in [0, 0.05) is 17.8 Å². The molecule has 1 heterocycles. The molecule has 1 atom stereocenters. The Morgan fingerprint density at radius 2 is 1.86 bits per heavy atom. The summed E-state index contributed by atoms with van der Waals surface area (Å²) < 4.78 is 0. The number of carbonyl (C=O) groups is 2. The molecule has 1 N–H and O–H groups in total. The zero-order chi connectivity index (χ0) is 19.9. The smallest absolute Gasteiger partial charge is 0.238 e. The second kappa shape index (κ2) is 9.78. The minimum atomic E-state index is -0.0329. The Hall–Kier alpha value is -2.27. The Morgan fingerprint density at radius 3 is 2.57 bits per heavy atom. The predicted molar refractivity (Wildman–Crippen MR) is 118 cm³/mol. The lowest BCUT2D eigenvalue weighted by atomic mass is 10.1. The van der Waals surface area contributed by atoms with E-state index in [-0.39, 0.29) is 17.2 Å². The Bertz CT molecular complexity index is 820. The first-order chi connectivity index (χ1) is 13.6. The highest BCUT2D eigenvalue weighted by Crippen LogP contribution is 2.43. The van der Waals surface area contributed by atoms with Crippen molar-refractivity contribution in [3.8, 4) is 0 Å². The first kappa shape index (κ1) is 20.5. The van der Waals surface area contributed by atoms with Gasteiger partial charge in [0.2, 0.25) is 11.8 Å². The third-order valence-electron chi connectivity index (χ3n) is 4.99. The van der Waals surface area contributed by atoms with E-state index in [0.717, 1.165) is 42.6 Å². The van der Waals surface area contributed by atoms with E-state index in [1.165, 1.54) is 5.56 Å². The zero-order valence-electron chi connectivity index (χ0n) is 16.6. The van der Waals surface area contributed by atoms with Crippen LogP contribution in [0.15, 0.2) is 48.5 Å². The summed E-state index contributed by atoms with van der Waals surface area (Å²) in [6, 6.07) is 16.0. The van der Waals surface area contributed by atoms with Crippen molar-refractivity contribution in [3.63, 3.8) is 0 Å². The maximum absolute atomic E-state index is 12.6. The number of hydrogen-bond acceptors (Lipinski definition) is 3. The molecule has 1 saturated heterocycles. The molecule has 5 heteroatoms. The molecule has 148 valence electrons. The van der Waals surface area contributed by atoms with Gasteiger partial charge in [-0.3, -0.25) is 14.5 Å². The molecular weight excluding hydrogens is 368 g/mol. The first-order valence-corrected chi connectivity index (χ1v) is 11.1. The summed E-state index contributed by atoms with van der Waals surface area (Å²) >= 11 is 1.65. The van der Waals surface area contributed by atoms with Gasteiger partial charge in [0.15, 0.2) is 0 Å². The maximum Gasteiger partial charge on any atom is 0.238 e. The lowest BCUT2D eigenvalue weighted by molar-refractivity contribution is -0.116. The number of anilines is 2. The SMILES string of the molecule is CCCCCC(=O)Nc1ccc([C@@H]2SCC(=O)N2c2ccccc2CC)cc1. The standard InChI is InChI=1S/C23H28N2O2S/c1-3-5-6-11-21(26)24-19-14-12-18(13-15-19)23-25(22(27)16-28-23)20-10-8-7-9-17(20)4-2/h7-10,12-15,23H,3-6,11,16H2,1-2H3,(H,24,26)/t23-/m0/s1. The Morgan fingerprint density at radius 1 is 1.11 bits per heavy atom. The van der Waals surface area contributed by atoms with Crippen LogP contribution in [0.3, 0.4) is 0 Å². The number of unbranched alkanes of at least 4 members (excludes halogenated alkanes) is 2. The minimum absolute atomic E-state index is 0.0329. The topological polar surface area (TPSA) is 49.4 Å². The van der Waals surface area contributed by atoms with Gasteiger partial charge in [0.25, 0.3) is 0 Å². The predicted octanol–water partition coefficient (Wildman–Crippen LogP) is 5.55. The molecule has 0 saturated carbocycles. The molecule has 1 aliphatic heterocycles. The number of para-hydroxylation sites is 1. The molecule has 2 aromatic carbocycles. The highest BCUT2D eigenvalue weighted by atomic mass is 32.2. The third-order valence-corrected chi connectivity index (χ3v) is 6.20. The second-order valence-electron chi connectivity index (χ2n) is 7.04. The zero-order valence-corrected chi connectivity index (χ0v) is 17.4. The van der Waals surface area contributed by atoms with Crippen LogP contribution in [0.5, 0.6) is 0 Å². The summed E-state index contributed by atoms with van der Waals surface area (Å²) in [5, 5.41) is 2.93. The molecule has 0 aromatic heterocycles. The molecule has 1 aliphatic rings. The molecule has 0 unspecified atom stereocenters. The van der Waals surface area contributed by atoms with Gasteiger partial charge in [-0.1, -0.05) is 57.0 Å². The first-order valence-electron chi connectivity index (χ1n) is 10.1. The van der Waals surface area contributed by atoms with Crippen LogP contribution in [0.2, 0.25) is 0 Å². The van der Waals surface area contributed by atoms with Gasteiger partial charge in [-0.15, -0.1) is 11.8 Å². The third kappa shape index (κ3) is 4.76. The van der Waals surface area contributed by atoms with Crippen molar-refractivity contribution >= 4 is 35.0 Å². The minimum Gasteiger partial charge on any atom is -0.326 e. The van der Waals surface area contributed by atoms with E-state index >= 15 is 0 Å². The Labute approximate surface area is 171 Å². The number of carbonyl (C=O) groups excluding carboxylic acids is 2. The van der Waals surface area contributed by atoms with Crippen molar-refractivity contribution in [1.29, 1.82) is 0 Å². The number of benzene rings is 2. The van der Waals surface area contributed by atoms with Crippen LogP contribution in [0.4, 0.5) is 11.4 Å². The number of nitrogens with zero attached hydrogens (tertiary/aromatic N) is 1. The largest absolute Gasteiger partial charge is 0.326 e. The quantitative estimate of drug-likeness (QED) is 0.596. The molecule has 0 spiro atoms. The normalized spacial score (nSPS) is 16.4. The van der Waals surface area contributed by atoms with Gasteiger partial charge in [0.05, 0.1) is 5.75 Å². The lowest BCUT2D eigenvalue weighted by Gasteiger charge is -2.26. The van der Waals surface area contributed by atoms with Gasteiger partial charge in [0.1, 0.15) is 5.37 Å². The van der Waals surface area contributed by atoms with E-state index in [0.29, 0.717) is 12.2 Å². The summed E-state index contributed by atoms with van der Waals surface area (Å²) in [4.78, 5) is 26.5.